The van der Waals surface area contributed by atoms with Crippen molar-refractivity contribution in [1.82, 2.24) is 14.1 Å². The van der Waals surface area contributed by atoms with E-state index in [1.54, 1.807) is 0 Å². The predicted octanol–water partition coefficient (Wildman–Crippen LogP) is 18.5. The van der Waals surface area contributed by atoms with Gasteiger partial charge in [0, 0.05) is 32.7 Å². The normalized spacial score (nSPS) is 15.1. The predicted molar refractivity (Wildman–Crippen MR) is 318 cm³/mol. The van der Waals surface area contributed by atoms with E-state index < -0.39 is 66.0 Å². The van der Waals surface area contributed by atoms with E-state index in [1.807, 2.05) is 88.0 Å². The van der Waals surface area contributed by atoms with Crippen LogP contribution in [-0.2, 0) is 21.7 Å². The molecule has 11 rings (SSSR count). The van der Waals surface area contributed by atoms with Crippen molar-refractivity contribution in [1.29, 1.82) is 0 Å². The van der Waals surface area contributed by atoms with E-state index in [-0.39, 0.29) is 51.0 Å². The Morgan fingerprint density at radius 3 is 1.78 bits per heavy atom. The quantitative estimate of drug-likeness (QED) is 0.112. The van der Waals surface area contributed by atoms with Gasteiger partial charge in [0.1, 0.15) is 17.3 Å². The summed E-state index contributed by atoms with van der Waals surface area (Å²) in [6.45, 7) is 23.3. The van der Waals surface area contributed by atoms with Crippen LogP contribution in [0.25, 0.3) is 83.4 Å². The number of imidazole rings is 1. The fourth-order valence-electron chi connectivity index (χ4n) is 10.1. The molecular formula is C71H70N4O. The maximum atomic E-state index is 9.07. The van der Waals surface area contributed by atoms with Crippen molar-refractivity contribution in [2.75, 3.05) is 0 Å². The van der Waals surface area contributed by atoms with Crippen molar-refractivity contribution < 1.29 is 27.1 Å². The van der Waals surface area contributed by atoms with Crippen LogP contribution in [0.4, 0.5) is 0 Å². The lowest BCUT2D eigenvalue weighted by molar-refractivity contribution is -0.574. The summed E-state index contributed by atoms with van der Waals surface area (Å²) in [4.78, 5) is 4.76. The average molecular weight is 1010 g/mol. The van der Waals surface area contributed by atoms with Gasteiger partial charge >= 0.3 is 0 Å². The van der Waals surface area contributed by atoms with E-state index >= 15 is 0 Å². The first kappa shape index (κ1) is 36.8. The average Bonchev–Trinajstić information content (AvgIpc) is 2.36. The lowest BCUT2D eigenvalue weighted by Gasteiger charge is -2.32. The number of para-hydroxylation sites is 1. The fourth-order valence-corrected chi connectivity index (χ4v) is 10.1. The molecular weight excluding hydrogens is 925 g/mol. The van der Waals surface area contributed by atoms with E-state index in [2.05, 4.69) is 130 Å². The van der Waals surface area contributed by atoms with Crippen LogP contribution in [0.1, 0.15) is 129 Å². The van der Waals surface area contributed by atoms with Crippen LogP contribution in [0.2, 0.25) is 0 Å². The molecule has 0 atom stereocenters. The Morgan fingerprint density at radius 2 is 1.13 bits per heavy atom. The molecule has 0 bridgehead atoms. The Bertz CT molecular complexity index is 4610. The van der Waals surface area contributed by atoms with Gasteiger partial charge in [-0.05, 0) is 133 Å². The molecule has 0 N–H and O–H groups in total. The largest absolute Gasteiger partial charge is 0.458 e. The van der Waals surface area contributed by atoms with Crippen LogP contribution in [-0.4, -0.2) is 14.1 Å². The summed E-state index contributed by atoms with van der Waals surface area (Å²) in [7, 11) is 0. The number of aromatic nitrogens is 4. The van der Waals surface area contributed by atoms with Gasteiger partial charge in [-0.2, -0.15) is 0 Å². The van der Waals surface area contributed by atoms with Crippen molar-refractivity contribution in [2.24, 2.45) is 0 Å². The molecule has 0 aliphatic heterocycles. The first-order valence-electron chi connectivity index (χ1n) is 32.3. The number of nitrogens with zero attached hydrogens (tertiary/aromatic N) is 4. The maximum Gasteiger partial charge on any atom is 0.269 e. The number of fused-ring (bicyclic) bond motifs is 4. The van der Waals surface area contributed by atoms with Crippen LogP contribution in [0.3, 0.4) is 0 Å². The number of ether oxygens (including phenoxy) is 1. The number of pyridine rings is 1. The van der Waals surface area contributed by atoms with Gasteiger partial charge in [0.05, 0.1) is 47.1 Å². The van der Waals surface area contributed by atoms with Gasteiger partial charge in [-0.25, -0.2) is 4.98 Å². The van der Waals surface area contributed by atoms with E-state index in [1.165, 1.54) is 23.4 Å². The number of rotatable bonds is 8. The Morgan fingerprint density at radius 1 is 0.513 bits per heavy atom. The molecule has 8 aromatic carbocycles. The highest BCUT2D eigenvalue weighted by Crippen LogP contribution is 2.42. The van der Waals surface area contributed by atoms with E-state index in [4.69, 9.17) is 27.5 Å². The van der Waals surface area contributed by atoms with Crippen molar-refractivity contribution in [3.8, 4) is 62.1 Å². The molecule has 0 aliphatic rings. The van der Waals surface area contributed by atoms with Crippen molar-refractivity contribution in [3.05, 3.63) is 222 Å². The standard InChI is InChI=1S/C71H70N4O/c1-46-35-66(72-44-59(46)48-25-18-15-19-26-48)75-62-30-21-20-29-57(62)58-33-32-56(43-64(58)75)76-55-28-22-27-54(42-55)73-45-74(67-60(70(8,9)10)38-51(39-61(67)71(11,12)13)47-23-16-14-17-24-47)63-34-31-49(40-65(63)73)50-36-52(68(2,3)4)41-53(37-50)69(5,6)7/h14-44H,1-13H3/i1D3,14D,15D,16D,17D,18D,19D,23D,24D,25D,26D. The number of hydrogen-bond donors (Lipinski definition) is 0. The molecule has 0 amide bonds. The molecule has 0 spiro atoms. The molecule has 3 heterocycles. The van der Waals surface area contributed by atoms with Gasteiger partial charge in [0.25, 0.3) is 6.33 Å². The third kappa shape index (κ3) is 9.42. The van der Waals surface area contributed by atoms with Crippen LogP contribution >= 0.6 is 0 Å². The molecule has 0 unspecified atom stereocenters. The third-order valence-electron chi connectivity index (χ3n) is 14.2. The SMILES string of the molecule is [2H]c1c([2H])c([2H])c(-c2cc(C(C)(C)C)c(-[n+]3[c-]n(-c4cccc(Oc5ccc6c7ccccc7n(-c7cc(C([2H])([2H])[2H])c(-c8c([2H])c([2H])c([2H])c([2H])c8[2H])cn7)c6c5)c4)c4cc(-c5cc(C(C)(C)C)cc(C(C)(C)C)c5)ccc43)c(C(C)(C)C)c2)c([2H])c1[2H]. The highest BCUT2D eigenvalue weighted by molar-refractivity contribution is 6.09. The topological polar surface area (TPSA) is 35.9 Å². The van der Waals surface area contributed by atoms with E-state index in [0.717, 1.165) is 61.0 Å². The molecule has 76 heavy (non-hydrogen) atoms. The van der Waals surface area contributed by atoms with Gasteiger partial charge in [0.2, 0.25) is 0 Å². The zero-order valence-electron chi connectivity index (χ0n) is 58.3. The molecule has 0 saturated heterocycles. The van der Waals surface area contributed by atoms with Crippen LogP contribution < -0.4 is 9.30 Å². The first-order chi connectivity index (χ1) is 41.4. The molecule has 380 valence electrons. The van der Waals surface area contributed by atoms with Gasteiger partial charge in [-0.3, -0.25) is 13.7 Å². The molecule has 0 fully saturated rings. The minimum Gasteiger partial charge on any atom is -0.458 e. The Kier molecular flexibility index (Phi) is 9.05. The highest BCUT2D eigenvalue weighted by Gasteiger charge is 2.30. The van der Waals surface area contributed by atoms with E-state index in [9.17, 15) is 0 Å². The first-order valence-corrected chi connectivity index (χ1v) is 25.8. The smallest absolute Gasteiger partial charge is 0.269 e. The Balaban J connectivity index is 1.10. The van der Waals surface area contributed by atoms with Crippen LogP contribution in [0.15, 0.2) is 188 Å². The van der Waals surface area contributed by atoms with Crippen molar-refractivity contribution in [2.45, 2.75) is 112 Å². The number of hydrogen-bond acceptors (Lipinski definition) is 2. The molecule has 5 nitrogen and oxygen atoms in total. The van der Waals surface area contributed by atoms with Crippen molar-refractivity contribution in [3.63, 3.8) is 0 Å². The maximum absolute atomic E-state index is 9.07. The Hall–Kier alpha value is -8.02. The highest BCUT2D eigenvalue weighted by atomic mass is 16.5. The van der Waals surface area contributed by atoms with Crippen molar-refractivity contribution >= 4 is 32.8 Å². The van der Waals surface area contributed by atoms with Crippen LogP contribution in [0.5, 0.6) is 11.5 Å². The minimum absolute atomic E-state index is 0.0939. The second kappa shape index (κ2) is 18.7. The van der Waals surface area contributed by atoms with Gasteiger partial charge in [-0.15, -0.1) is 0 Å². The monoisotopic (exact) mass is 1010 g/mol. The number of aryl methyl sites for hydroxylation is 1. The molecule has 0 saturated carbocycles. The Labute approximate surface area is 468 Å². The second-order valence-corrected chi connectivity index (χ2v) is 23.9. The summed E-state index contributed by atoms with van der Waals surface area (Å²) in [5, 5.41) is 1.69. The van der Waals surface area contributed by atoms with Crippen LogP contribution in [0, 0.1) is 13.2 Å². The van der Waals surface area contributed by atoms with Gasteiger partial charge in [-0.1, -0.05) is 210 Å². The summed E-state index contributed by atoms with van der Waals surface area (Å²) in [6.07, 6.45) is 5.09. The molecule has 0 radical (unpaired) electrons. The van der Waals surface area contributed by atoms with E-state index in [0.29, 0.717) is 22.6 Å². The van der Waals surface area contributed by atoms with Gasteiger partial charge in [0.15, 0.2) is 0 Å². The summed E-state index contributed by atoms with van der Waals surface area (Å²) >= 11 is 0. The summed E-state index contributed by atoms with van der Waals surface area (Å²) < 4.78 is 125. The summed E-state index contributed by atoms with van der Waals surface area (Å²) in [6, 6.07) is 35.2. The third-order valence-corrected chi connectivity index (χ3v) is 14.2. The number of benzene rings is 8. The summed E-state index contributed by atoms with van der Waals surface area (Å²) in [5.41, 5.74) is 9.56. The molecule has 3 aromatic heterocycles. The zero-order chi connectivity index (χ0) is 64.7. The lowest BCUT2D eigenvalue weighted by atomic mass is 9.76. The molecule has 0 aliphatic carbocycles. The fraction of sp³-hybridized carbons (Fsp3) is 0.239. The summed E-state index contributed by atoms with van der Waals surface area (Å²) in [5.74, 6) is 1.18. The second-order valence-electron chi connectivity index (χ2n) is 23.9. The molecule has 11 aromatic rings. The van der Waals surface area contributed by atoms with Gasteiger partial charge < -0.3 is 4.74 Å². The molecule has 5 heteroatoms. The lowest BCUT2D eigenvalue weighted by Crippen LogP contribution is -2.37. The zero-order valence-corrected chi connectivity index (χ0v) is 45.3. The minimum atomic E-state index is -2.78.